The first kappa shape index (κ1) is 31.7. The first-order valence-electron chi connectivity index (χ1n) is 16.7. The van der Waals surface area contributed by atoms with E-state index in [2.05, 4.69) is 135 Å². The molecule has 1 aromatic heterocycles. The summed E-state index contributed by atoms with van der Waals surface area (Å²) in [5.41, 5.74) is 11.0. The van der Waals surface area contributed by atoms with Crippen LogP contribution in [0.1, 0.15) is 64.5 Å². The number of anilines is 4. The molecule has 4 aromatic carbocycles. The third-order valence-electron chi connectivity index (χ3n) is 9.24. The van der Waals surface area contributed by atoms with E-state index in [-0.39, 0.29) is 5.41 Å². The Morgan fingerprint density at radius 1 is 0.717 bits per heavy atom. The molecule has 0 fully saturated rings. The highest BCUT2D eigenvalue weighted by atomic mass is 32.1. The van der Waals surface area contributed by atoms with Crippen LogP contribution in [0, 0.1) is 6.92 Å². The lowest BCUT2D eigenvalue weighted by Gasteiger charge is -2.26. The molecule has 0 atom stereocenters. The van der Waals surface area contributed by atoms with E-state index in [1.165, 1.54) is 69.1 Å². The molecule has 0 spiro atoms. The maximum Gasteiger partial charge on any atom is 0.119 e. The maximum atomic E-state index is 5.71. The number of rotatable bonds is 12. The fourth-order valence-electron chi connectivity index (χ4n) is 6.45. The van der Waals surface area contributed by atoms with E-state index in [9.17, 15) is 0 Å². The highest BCUT2D eigenvalue weighted by Crippen LogP contribution is 2.49. The van der Waals surface area contributed by atoms with Gasteiger partial charge in [0.15, 0.2) is 0 Å². The van der Waals surface area contributed by atoms with Gasteiger partial charge < -0.3 is 14.5 Å². The molecule has 0 N–H and O–H groups in total. The van der Waals surface area contributed by atoms with Crippen LogP contribution in [0.5, 0.6) is 5.75 Å². The van der Waals surface area contributed by atoms with Gasteiger partial charge in [0.2, 0.25) is 0 Å². The van der Waals surface area contributed by atoms with E-state index in [1.54, 1.807) is 0 Å². The standard InChI is InChI=1S/C42H46N2OS/c1-7-9-10-11-28-43-31(4)42(5,6)38-25-16-33(29-39(38)43)41-27-26-40(46-41)32-14-19-35(20-15-32)44(34-17-12-30(3)13-18-34)36-21-23-37(24-22-36)45-8-2/h12-27,29H,4,7-11,28H2,1-3,5-6H3. The molecule has 236 valence electrons. The quantitative estimate of drug-likeness (QED) is 0.128. The average Bonchev–Trinajstić information content (AvgIpc) is 3.63. The van der Waals surface area contributed by atoms with E-state index < -0.39 is 0 Å². The van der Waals surface area contributed by atoms with Crippen LogP contribution in [0.3, 0.4) is 0 Å². The van der Waals surface area contributed by atoms with Crippen molar-refractivity contribution in [3.8, 4) is 26.6 Å². The van der Waals surface area contributed by atoms with Crippen molar-refractivity contribution in [2.24, 2.45) is 0 Å². The summed E-state index contributed by atoms with van der Waals surface area (Å²) in [5, 5.41) is 0. The Labute approximate surface area is 279 Å². The smallest absolute Gasteiger partial charge is 0.119 e. The van der Waals surface area contributed by atoms with Crippen LogP contribution < -0.4 is 14.5 Å². The van der Waals surface area contributed by atoms with Gasteiger partial charge in [-0.1, -0.05) is 88.6 Å². The van der Waals surface area contributed by atoms with Crippen LogP contribution >= 0.6 is 11.3 Å². The van der Waals surface area contributed by atoms with Gasteiger partial charge in [0.05, 0.1) is 6.61 Å². The van der Waals surface area contributed by atoms with Gasteiger partial charge in [-0.2, -0.15) is 0 Å². The third-order valence-corrected chi connectivity index (χ3v) is 10.4. The van der Waals surface area contributed by atoms with Crippen molar-refractivity contribution >= 4 is 34.1 Å². The fraction of sp³-hybridized carbons (Fsp3) is 0.286. The van der Waals surface area contributed by atoms with Gasteiger partial charge in [0.25, 0.3) is 0 Å². The monoisotopic (exact) mass is 626 g/mol. The van der Waals surface area contributed by atoms with Crippen LogP contribution in [0.2, 0.25) is 0 Å². The summed E-state index contributed by atoms with van der Waals surface area (Å²) in [5.74, 6) is 0.885. The van der Waals surface area contributed by atoms with Gasteiger partial charge >= 0.3 is 0 Å². The highest BCUT2D eigenvalue weighted by molar-refractivity contribution is 7.18. The summed E-state index contributed by atoms with van der Waals surface area (Å²) in [6, 6.07) is 37.5. The van der Waals surface area contributed by atoms with Crippen molar-refractivity contribution in [3.05, 3.63) is 127 Å². The lowest BCUT2D eigenvalue weighted by Crippen LogP contribution is -2.26. The van der Waals surface area contributed by atoms with Crippen molar-refractivity contribution in [1.29, 1.82) is 0 Å². The number of hydrogen-bond acceptors (Lipinski definition) is 4. The van der Waals surface area contributed by atoms with Crippen LogP contribution in [0.25, 0.3) is 20.9 Å². The molecule has 46 heavy (non-hydrogen) atoms. The van der Waals surface area contributed by atoms with Crippen molar-refractivity contribution in [1.82, 2.24) is 0 Å². The van der Waals surface area contributed by atoms with E-state index in [1.807, 2.05) is 30.4 Å². The molecule has 6 rings (SSSR count). The topological polar surface area (TPSA) is 15.7 Å². The molecule has 0 unspecified atom stereocenters. The minimum Gasteiger partial charge on any atom is -0.494 e. The van der Waals surface area contributed by atoms with Crippen LogP contribution in [-0.2, 0) is 5.41 Å². The van der Waals surface area contributed by atoms with E-state index >= 15 is 0 Å². The van der Waals surface area contributed by atoms with E-state index in [4.69, 9.17) is 4.74 Å². The summed E-state index contributed by atoms with van der Waals surface area (Å²) in [7, 11) is 0. The Morgan fingerprint density at radius 2 is 1.30 bits per heavy atom. The second-order valence-corrected chi connectivity index (χ2v) is 13.9. The molecule has 0 aliphatic carbocycles. The van der Waals surface area contributed by atoms with Crippen molar-refractivity contribution in [2.75, 3.05) is 23.0 Å². The van der Waals surface area contributed by atoms with E-state index in [0.717, 1.165) is 29.4 Å². The number of fused-ring (bicyclic) bond motifs is 1. The Hall–Kier alpha value is -4.28. The van der Waals surface area contributed by atoms with Gasteiger partial charge in [-0.05, 0) is 104 Å². The number of benzene rings is 4. The van der Waals surface area contributed by atoms with Crippen molar-refractivity contribution in [3.63, 3.8) is 0 Å². The zero-order valence-electron chi connectivity index (χ0n) is 28.0. The molecule has 0 saturated heterocycles. The van der Waals surface area contributed by atoms with Crippen LogP contribution in [0.15, 0.2) is 115 Å². The number of ether oxygens (including phenoxy) is 1. The number of nitrogens with zero attached hydrogens (tertiary/aromatic N) is 2. The minimum atomic E-state index is -0.0429. The summed E-state index contributed by atoms with van der Waals surface area (Å²) in [6.45, 7) is 17.3. The molecular formula is C42H46N2OS. The lowest BCUT2D eigenvalue weighted by molar-refractivity contribution is 0.340. The Morgan fingerprint density at radius 3 is 1.93 bits per heavy atom. The summed E-state index contributed by atoms with van der Waals surface area (Å²) >= 11 is 1.86. The minimum absolute atomic E-state index is 0.0429. The number of unbranched alkanes of at least 4 members (excludes halogenated alkanes) is 3. The zero-order chi connectivity index (χ0) is 32.3. The molecule has 4 heteroatoms. The number of aryl methyl sites for hydroxylation is 1. The lowest BCUT2D eigenvalue weighted by atomic mass is 9.84. The van der Waals surface area contributed by atoms with Gasteiger partial charge in [-0.25, -0.2) is 0 Å². The molecule has 2 heterocycles. The molecular weight excluding hydrogens is 581 g/mol. The molecule has 1 aliphatic heterocycles. The first-order chi connectivity index (χ1) is 22.3. The number of hydrogen-bond donors (Lipinski definition) is 0. The zero-order valence-corrected chi connectivity index (χ0v) is 28.8. The predicted molar refractivity (Wildman–Crippen MR) is 199 cm³/mol. The van der Waals surface area contributed by atoms with Gasteiger partial charge in [-0.3, -0.25) is 0 Å². The molecule has 5 aromatic rings. The molecule has 0 bridgehead atoms. The predicted octanol–water partition coefficient (Wildman–Crippen LogP) is 12.5. The molecule has 0 radical (unpaired) electrons. The molecule has 1 aliphatic rings. The van der Waals surface area contributed by atoms with Gasteiger partial charge in [0, 0.05) is 50.2 Å². The fourth-order valence-corrected chi connectivity index (χ4v) is 7.46. The van der Waals surface area contributed by atoms with E-state index in [0.29, 0.717) is 6.61 Å². The molecule has 0 saturated carbocycles. The largest absolute Gasteiger partial charge is 0.494 e. The molecule has 3 nitrogen and oxygen atoms in total. The van der Waals surface area contributed by atoms with Crippen LogP contribution in [-0.4, -0.2) is 13.2 Å². The number of thiophene rings is 1. The maximum absolute atomic E-state index is 5.71. The van der Waals surface area contributed by atoms with Gasteiger partial charge in [-0.15, -0.1) is 11.3 Å². The second kappa shape index (κ2) is 13.6. The number of allylic oxidation sites excluding steroid dienone is 1. The summed E-state index contributed by atoms with van der Waals surface area (Å²) in [4.78, 5) is 7.34. The second-order valence-electron chi connectivity index (χ2n) is 12.8. The summed E-state index contributed by atoms with van der Waals surface area (Å²) in [6.07, 6.45) is 5.02. The third kappa shape index (κ3) is 6.37. The Balaban J connectivity index is 1.26. The highest BCUT2D eigenvalue weighted by Gasteiger charge is 2.38. The Kier molecular flexibility index (Phi) is 9.37. The van der Waals surface area contributed by atoms with Crippen molar-refractivity contribution in [2.45, 2.75) is 65.7 Å². The Bertz CT molecular complexity index is 1780. The molecule has 0 amide bonds. The first-order valence-corrected chi connectivity index (χ1v) is 17.5. The SMILES string of the molecule is C=C1N(CCCCCC)c2cc(-c3ccc(-c4ccc(N(c5ccc(C)cc5)c5ccc(OCC)cc5)cc4)s3)ccc2C1(C)C. The van der Waals surface area contributed by atoms with Crippen LogP contribution in [0.4, 0.5) is 22.7 Å². The van der Waals surface area contributed by atoms with Gasteiger partial charge in [0.1, 0.15) is 5.75 Å². The van der Waals surface area contributed by atoms with Crippen molar-refractivity contribution < 1.29 is 4.74 Å². The summed E-state index contributed by atoms with van der Waals surface area (Å²) < 4.78 is 5.71. The normalized spacial score (nSPS) is 13.6. The average molecular weight is 627 g/mol.